The summed E-state index contributed by atoms with van der Waals surface area (Å²) in [6, 6.07) is 4.80. The molecule has 1 rings (SSSR count). The molecule has 0 aliphatic carbocycles. The van der Waals surface area contributed by atoms with Crippen LogP contribution in [-0.2, 0) is 11.3 Å². The van der Waals surface area contributed by atoms with E-state index in [4.69, 9.17) is 10.6 Å². The summed E-state index contributed by atoms with van der Waals surface area (Å²) in [5, 5.41) is 10.8. The molecule has 6 heteroatoms. The molecule has 1 unspecified atom stereocenters. The van der Waals surface area contributed by atoms with Gasteiger partial charge in [-0.2, -0.15) is 0 Å². The third-order valence-electron chi connectivity index (χ3n) is 2.69. The summed E-state index contributed by atoms with van der Waals surface area (Å²) < 4.78 is 5.63. The van der Waals surface area contributed by atoms with E-state index in [1.54, 1.807) is 12.1 Å². The highest BCUT2D eigenvalue weighted by Crippen LogP contribution is 2.28. The molecule has 1 atom stereocenters. The van der Waals surface area contributed by atoms with Crippen molar-refractivity contribution in [1.82, 2.24) is 0 Å². The average Bonchev–Trinajstić information content (AvgIpc) is 2.36. The quantitative estimate of drug-likeness (QED) is 0.443. The SMILES string of the molecule is CCCC(C)OCc1cccc([N+](=O)[O-])c1NN. The predicted molar refractivity (Wildman–Crippen MR) is 70.1 cm³/mol. The topological polar surface area (TPSA) is 90.4 Å². The number of rotatable bonds is 7. The van der Waals surface area contributed by atoms with Crippen LogP contribution in [0.15, 0.2) is 18.2 Å². The highest BCUT2D eigenvalue weighted by atomic mass is 16.6. The number of nitrogens with zero attached hydrogens (tertiary/aromatic N) is 1. The number of benzene rings is 1. The van der Waals surface area contributed by atoms with E-state index in [1.165, 1.54) is 6.07 Å². The Hall–Kier alpha value is -1.66. The highest BCUT2D eigenvalue weighted by Gasteiger charge is 2.16. The van der Waals surface area contributed by atoms with Gasteiger partial charge in [0.15, 0.2) is 0 Å². The van der Waals surface area contributed by atoms with Crippen molar-refractivity contribution in [3.05, 3.63) is 33.9 Å². The summed E-state index contributed by atoms with van der Waals surface area (Å²) in [5.41, 5.74) is 3.34. The lowest BCUT2D eigenvalue weighted by atomic mass is 10.1. The van der Waals surface area contributed by atoms with Gasteiger partial charge in [-0.1, -0.05) is 25.5 Å². The number of hydrogen-bond donors (Lipinski definition) is 2. The number of nitrogens with one attached hydrogen (secondary N) is 1. The van der Waals surface area contributed by atoms with Crippen LogP contribution in [0, 0.1) is 10.1 Å². The lowest BCUT2D eigenvalue weighted by Gasteiger charge is -2.14. The normalized spacial score (nSPS) is 12.2. The van der Waals surface area contributed by atoms with E-state index in [1.807, 2.05) is 6.92 Å². The Balaban J connectivity index is 2.82. The summed E-state index contributed by atoms with van der Waals surface area (Å²) in [6.45, 7) is 4.37. The van der Waals surface area contributed by atoms with Gasteiger partial charge in [0.25, 0.3) is 5.69 Å². The van der Waals surface area contributed by atoms with E-state index in [-0.39, 0.29) is 11.8 Å². The average molecular weight is 253 g/mol. The second-order valence-electron chi connectivity index (χ2n) is 4.12. The van der Waals surface area contributed by atoms with Crippen LogP contribution in [0.3, 0.4) is 0 Å². The van der Waals surface area contributed by atoms with Gasteiger partial charge in [-0.25, -0.2) is 0 Å². The number of para-hydroxylation sites is 1. The van der Waals surface area contributed by atoms with Crippen LogP contribution in [0.5, 0.6) is 0 Å². The highest BCUT2D eigenvalue weighted by molar-refractivity contribution is 5.65. The maximum absolute atomic E-state index is 10.8. The molecule has 6 nitrogen and oxygen atoms in total. The van der Waals surface area contributed by atoms with Crippen LogP contribution in [0.2, 0.25) is 0 Å². The molecule has 0 aromatic heterocycles. The third kappa shape index (κ3) is 3.68. The van der Waals surface area contributed by atoms with Gasteiger partial charge in [0.1, 0.15) is 5.69 Å². The molecule has 0 fully saturated rings. The first kappa shape index (κ1) is 14.4. The van der Waals surface area contributed by atoms with Crippen molar-refractivity contribution in [2.75, 3.05) is 5.43 Å². The number of nitro groups is 1. The molecule has 0 saturated carbocycles. The predicted octanol–water partition coefficient (Wildman–Crippen LogP) is 2.59. The Morgan fingerprint density at radius 1 is 1.56 bits per heavy atom. The number of ether oxygens (including phenoxy) is 1. The largest absolute Gasteiger partial charge is 0.374 e. The van der Waals surface area contributed by atoms with Gasteiger partial charge in [0.05, 0.1) is 17.6 Å². The number of anilines is 1. The fourth-order valence-corrected chi connectivity index (χ4v) is 1.75. The minimum atomic E-state index is -0.464. The van der Waals surface area contributed by atoms with Crippen LogP contribution in [-0.4, -0.2) is 11.0 Å². The van der Waals surface area contributed by atoms with Gasteiger partial charge in [-0.15, -0.1) is 0 Å². The minimum absolute atomic E-state index is 0.0401. The first-order chi connectivity index (χ1) is 8.60. The molecule has 100 valence electrons. The van der Waals surface area contributed by atoms with Crippen LogP contribution in [0.25, 0.3) is 0 Å². The van der Waals surface area contributed by atoms with E-state index in [0.29, 0.717) is 17.9 Å². The molecular formula is C12H19N3O3. The summed E-state index contributed by atoms with van der Waals surface area (Å²) in [7, 11) is 0. The molecule has 0 amide bonds. The van der Waals surface area contributed by atoms with Crippen LogP contribution >= 0.6 is 0 Å². The monoisotopic (exact) mass is 253 g/mol. The molecule has 3 N–H and O–H groups in total. The zero-order valence-electron chi connectivity index (χ0n) is 10.7. The van der Waals surface area contributed by atoms with E-state index in [2.05, 4.69) is 12.3 Å². The van der Waals surface area contributed by atoms with Gasteiger partial charge < -0.3 is 10.2 Å². The Kier molecular flexibility index (Phi) is 5.54. The number of hydrazine groups is 1. The fraction of sp³-hybridized carbons (Fsp3) is 0.500. The Morgan fingerprint density at radius 2 is 2.28 bits per heavy atom. The lowest BCUT2D eigenvalue weighted by Crippen LogP contribution is -2.14. The summed E-state index contributed by atoms with van der Waals surface area (Å²) in [5.74, 6) is 5.34. The maximum Gasteiger partial charge on any atom is 0.294 e. The lowest BCUT2D eigenvalue weighted by molar-refractivity contribution is -0.384. The van der Waals surface area contributed by atoms with Crippen molar-refractivity contribution in [1.29, 1.82) is 0 Å². The van der Waals surface area contributed by atoms with Gasteiger partial charge in [-0.3, -0.25) is 16.0 Å². The van der Waals surface area contributed by atoms with Gasteiger partial charge in [0.2, 0.25) is 0 Å². The van der Waals surface area contributed by atoms with Crippen molar-refractivity contribution < 1.29 is 9.66 Å². The van der Waals surface area contributed by atoms with Gasteiger partial charge in [0, 0.05) is 11.6 Å². The molecule has 18 heavy (non-hydrogen) atoms. The molecule has 0 saturated heterocycles. The Labute approximate surface area is 106 Å². The summed E-state index contributed by atoms with van der Waals surface area (Å²) in [4.78, 5) is 10.4. The molecule has 0 spiro atoms. The zero-order valence-corrected chi connectivity index (χ0v) is 10.7. The van der Waals surface area contributed by atoms with Crippen molar-refractivity contribution >= 4 is 11.4 Å². The van der Waals surface area contributed by atoms with Crippen molar-refractivity contribution in [3.63, 3.8) is 0 Å². The van der Waals surface area contributed by atoms with Gasteiger partial charge in [-0.05, 0) is 13.3 Å². The molecule has 0 heterocycles. The molecule has 1 aromatic carbocycles. The minimum Gasteiger partial charge on any atom is -0.374 e. The number of nitro benzene ring substituents is 1. The second kappa shape index (κ2) is 6.93. The number of hydrogen-bond acceptors (Lipinski definition) is 5. The summed E-state index contributed by atoms with van der Waals surface area (Å²) in [6.07, 6.45) is 2.12. The van der Waals surface area contributed by atoms with Crippen molar-refractivity contribution in [2.24, 2.45) is 5.84 Å². The second-order valence-corrected chi connectivity index (χ2v) is 4.12. The fourth-order valence-electron chi connectivity index (χ4n) is 1.75. The standard InChI is InChI=1S/C12H19N3O3/c1-3-5-9(2)18-8-10-6-4-7-11(15(16)17)12(10)14-13/h4,6-7,9,14H,3,5,8,13H2,1-2H3. The number of nitrogens with two attached hydrogens (primary N) is 1. The molecular weight excluding hydrogens is 234 g/mol. The smallest absolute Gasteiger partial charge is 0.294 e. The molecule has 0 aliphatic heterocycles. The van der Waals surface area contributed by atoms with E-state index < -0.39 is 4.92 Å². The molecule has 0 aliphatic rings. The molecule has 1 aromatic rings. The van der Waals surface area contributed by atoms with E-state index in [0.717, 1.165) is 12.8 Å². The van der Waals surface area contributed by atoms with Crippen LogP contribution < -0.4 is 11.3 Å². The van der Waals surface area contributed by atoms with E-state index >= 15 is 0 Å². The zero-order chi connectivity index (χ0) is 13.5. The first-order valence-electron chi connectivity index (χ1n) is 5.94. The maximum atomic E-state index is 10.8. The van der Waals surface area contributed by atoms with Crippen molar-refractivity contribution in [2.45, 2.75) is 39.4 Å². The van der Waals surface area contributed by atoms with Crippen LogP contribution in [0.4, 0.5) is 11.4 Å². The first-order valence-corrected chi connectivity index (χ1v) is 5.94. The van der Waals surface area contributed by atoms with Gasteiger partial charge >= 0.3 is 0 Å². The molecule has 0 bridgehead atoms. The Bertz CT molecular complexity index is 410. The third-order valence-corrected chi connectivity index (χ3v) is 2.69. The Morgan fingerprint density at radius 3 is 2.83 bits per heavy atom. The van der Waals surface area contributed by atoms with Crippen LogP contribution in [0.1, 0.15) is 32.3 Å². The number of nitrogen functional groups attached to an aromatic ring is 1. The van der Waals surface area contributed by atoms with E-state index in [9.17, 15) is 10.1 Å². The van der Waals surface area contributed by atoms with Crippen molar-refractivity contribution in [3.8, 4) is 0 Å². The molecule has 0 radical (unpaired) electrons. The summed E-state index contributed by atoms with van der Waals surface area (Å²) >= 11 is 0.